The molecule has 2 aromatic heterocycles. The number of hydrogen-bond acceptors (Lipinski definition) is 4. The lowest BCUT2D eigenvalue weighted by molar-refractivity contribution is 0.0952. The van der Waals surface area contributed by atoms with Crippen molar-refractivity contribution in [3.8, 4) is 6.07 Å². The lowest BCUT2D eigenvalue weighted by Gasteiger charge is -1.96. The Morgan fingerprint density at radius 3 is 3.00 bits per heavy atom. The van der Waals surface area contributed by atoms with Crippen molar-refractivity contribution in [2.24, 2.45) is 0 Å². The van der Waals surface area contributed by atoms with E-state index < -0.39 is 0 Å². The number of nitrogens with one attached hydrogen (secondary N) is 2. The number of aromatic nitrogens is 1. The van der Waals surface area contributed by atoms with Crippen LogP contribution in [0.15, 0.2) is 5.38 Å². The zero-order chi connectivity index (χ0) is 12.0. The van der Waals surface area contributed by atoms with Crippen LogP contribution < -0.4 is 5.32 Å². The van der Waals surface area contributed by atoms with Crippen molar-refractivity contribution in [2.75, 3.05) is 6.54 Å². The quantitative estimate of drug-likeness (QED) is 0.736. The Morgan fingerprint density at radius 2 is 2.24 bits per heavy atom. The number of ketones is 1. The van der Waals surface area contributed by atoms with Gasteiger partial charge in [-0.2, -0.15) is 5.26 Å². The summed E-state index contributed by atoms with van der Waals surface area (Å²) in [6.45, 7) is 0.359. The van der Waals surface area contributed by atoms with Crippen molar-refractivity contribution < 1.29 is 9.59 Å². The molecule has 0 aliphatic carbocycles. The Morgan fingerprint density at radius 1 is 1.41 bits per heavy atom. The predicted molar refractivity (Wildman–Crippen MR) is 62.2 cm³/mol. The van der Waals surface area contributed by atoms with Gasteiger partial charge in [0.1, 0.15) is 11.8 Å². The normalized spacial score (nSPS) is 15.2. The van der Waals surface area contributed by atoms with Crippen LogP contribution in [0.1, 0.15) is 32.8 Å². The summed E-state index contributed by atoms with van der Waals surface area (Å²) < 4.78 is 0.707. The van der Waals surface area contributed by atoms with Gasteiger partial charge in [-0.15, -0.1) is 11.3 Å². The molecule has 0 spiro atoms. The fraction of sp³-hybridized carbons (Fsp3) is 0.182. The smallest absolute Gasteiger partial charge is 0.268 e. The van der Waals surface area contributed by atoms with Crippen LogP contribution in [0.2, 0.25) is 0 Å². The number of Topliss-reactive ketones (excluding diaryl/α,β-unsaturated/α-hetero) is 1. The lowest BCUT2D eigenvalue weighted by atomic mass is 10.1. The first-order valence-corrected chi connectivity index (χ1v) is 5.95. The first-order valence-electron chi connectivity index (χ1n) is 5.07. The van der Waals surface area contributed by atoms with Gasteiger partial charge in [-0.3, -0.25) is 9.59 Å². The van der Waals surface area contributed by atoms with Gasteiger partial charge in [-0.05, 0) is 0 Å². The number of carbonyl (C=O) groups excluding carboxylic acids is 2. The van der Waals surface area contributed by atoms with Gasteiger partial charge in [0, 0.05) is 18.3 Å². The van der Waals surface area contributed by atoms with E-state index in [2.05, 4.69) is 10.3 Å². The summed E-state index contributed by atoms with van der Waals surface area (Å²) in [5.74, 6) is -0.339. The van der Waals surface area contributed by atoms with Gasteiger partial charge in [0.25, 0.3) is 5.91 Å². The molecule has 0 bridgehead atoms. The highest BCUT2D eigenvalue weighted by Gasteiger charge is 2.27. The van der Waals surface area contributed by atoms with E-state index in [4.69, 9.17) is 5.26 Å². The Balaban J connectivity index is 2.37. The molecule has 2 N–H and O–H groups in total. The molecule has 1 aliphatic rings. The van der Waals surface area contributed by atoms with Gasteiger partial charge < -0.3 is 10.3 Å². The number of nitriles is 1. The molecule has 3 heterocycles. The zero-order valence-electron chi connectivity index (χ0n) is 8.66. The highest BCUT2D eigenvalue weighted by molar-refractivity contribution is 7.17. The number of hydrogen-bond donors (Lipinski definition) is 2. The molecule has 0 aromatic carbocycles. The van der Waals surface area contributed by atoms with Crippen molar-refractivity contribution in [3.63, 3.8) is 0 Å². The van der Waals surface area contributed by atoms with Crippen LogP contribution in [-0.4, -0.2) is 23.2 Å². The minimum atomic E-state index is -0.280. The van der Waals surface area contributed by atoms with Crippen molar-refractivity contribution in [1.29, 1.82) is 5.26 Å². The molecule has 0 atom stereocenters. The molecule has 0 unspecified atom stereocenters. The minimum absolute atomic E-state index is 0.0593. The number of nitrogens with zero attached hydrogens (tertiary/aromatic N) is 1. The van der Waals surface area contributed by atoms with E-state index in [0.29, 0.717) is 34.3 Å². The predicted octanol–water partition coefficient (Wildman–Crippen LogP) is 1.42. The van der Waals surface area contributed by atoms with Crippen LogP contribution in [0, 0.1) is 11.3 Å². The average Bonchev–Trinajstić information content (AvgIpc) is 2.82. The molecule has 1 aliphatic heterocycles. The summed E-state index contributed by atoms with van der Waals surface area (Å²) in [6.07, 6.45) is 0.297. The van der Waals surface area contributed by atoms with Crippen molar-refractivity contribution >= 4 is 33.2 Å². The summed E-state index contributed by atoms with van der Waals surface area (Å²) in [4.78, 5) is 26.6. The van der Waals surface area contributed by atoms with Gasteiger partial charge >= 0.3 is 0 Å². The number of H-pyrrole nitrogens is 1. The first kappa shape index (κ1) is 10.1. The number of fused-ring (bicyclic) bond motifs is 3. The summed E-state index contributed by atoms with van der Waals surface area (Å²) in [6, 6.07) is 2.04. The Kier molecular flexibility index (Phi) is 2.03. The van der Waals surface area contributed by atoms with E-state index in [9.17, 15) is 9.59 Å². The van der Waals surface area contributed by atoms with E-state index in [1.165, 1.54) is 11.3 Å². The summed E-state index contributed by atoms with van der Waals surface area (Å²) in [5, 5.41) is 13.3. The van der Waals surface area contributed by atoms with E-state index in [1.54, 1.807) is 5.38 Å². The van der Waals surface area contributed by atoms with Crippen molar-refractivity contribution in [1.82, 2.24) is 10.3 Å². The fourth-order valence-corrected chi connectivity index (χ4v) is 3.01. The standard InChI is InChI=1S/C11H7N3O2S/c12-3-5-4-17-10-7-6(15)1-2-13-11(16)9(7)14-8(5)10/h4,14H,1-2H2,(H,13,16). The maximum absolute atomic E-state index is 11.9. The van der Waals surface area contributed by atoms with Gasteiger partial charge in [-0.25, -0.2) is 0 Å². The largest absolute Gasteiger partial charge is 0.350 e. The molecular weight excluding hydrogens is 238 g/mol. The SMILES string of the molecule is N#Cc1csc2c3c([nH]c12)C(=O)NCCC3=O. The molecule has 0 fully saturated rings. The molecule has 0 saturated heterocycles. The molecule has 2 aromatic rings. The van der Waals surface area contributed by atoms with Crippen LogP contribution in [0.3, 0.4) is 0 Å². The van der Waals surface area contributed by atoms with E-state index in [-0.39, 0.29) is 17.4 Å². The van der Waals surface area contributed by atoms with Gasteiger partial charge in [0.15, 0.2) is 5.78 Å². The molecular formula is C11H7N3O2S. The van der Waals surface area contributed by atoms with Crippen LogP contribution in [0.4, 0.5) is 0 Å². The molecule has 84 valence electrons. The number of carbonyl (C=O) groups is 2. The highest BCUT2D eigenvalue weighted by atomic mass is 32.1. The monoisotopic (exact) mass is 245 g/mol. The Bertz CT molecular complexity index is 689. The molecule has 3 rings (SSSR count). The topological polar surface area (TPSA) is 85.8 Å². The van der Waals surface area contributed by atoms with E-state index in [0.717, 1.165) is 0 Å². The second-order valence-corrected chi connectivity index (χ2v) is 4.65. The lowest BCUT2D eigenvalue weighted by Crippen LogP contribution is -2.23. The molecule has 0 saturated carbocycles. The first-order chi connectivity index (χ1) is 8.22. The summed E-state index contributed by atoms with van der Waals surface area (Å²) in [5.41, 5.74) is 1.78. The van der Waals surface area contributed by atoms with E-state index in [1.807, 2.05) is 6.07 Å². The molecule has 5 nitrogen and oxygen atoms in total. The molecule has 6 heteroatoms. The Hall–Kier alpha value is -2.13. The van der Waals surface area contributed by atoms with Crippen LogP contribution >= 0.6 is 11.3 Å². The third kappa shape index (κ3) is 1.29. The average molecular weight is 245 g/mol. The number of thiophene rings is 1. The summed E-state index contributed by atoms with van der Waals surface area (Å²) in [7, 11) is 0. The second-order valence-electron chi connectivity index (χ2n) is 3.77. The van der Waals surface area contributed by atoms with Gasteiger partial charge in [0.05, 0.1) is 21.3 Å². The molecule has 0 radical (unpaired) electrons. The maximum Gasteiger partial charge on any atom is 0.268 e. The number of amides is 1. The number of rotatable bonds is 0. The van der Waals surface area contributed by atoms with Crippen LogP contribution in [-0.2, 0) is 0 Å². The third-order valence-corrected chi connectivity index (χ3v) is 3.78. The maximum atomic E-state index is 11.9. The third-order valence-electron chi connectivity index (χ3n) is 2.78. The second kappa shape index (κ2) is 3.43. The van der Waals surface area contributed by atoms with Crippen molar-refractivity contribution in [2.45, 2.75) is 6.42 Å². The number of aromatic amines is 1. The van der Waals surface area contributed by atoms with E-state index >= 15 is 0 Å². The van der Waals surface area contributed by atoms with Gasteiger partial charge in [0.2, 0.25) is 0 Å². The van der Waals surface area contributed by atoms with Crippen LogP contribution in [0.25, 0.3) is 10.2 Å². The highest BCUT2D eigenvalue weighted by Crippen LogP contribution is 2.32. The van der Waals surface area contributed by atoms with Crippen LogP contribution in [0.5, 0.6) is 0 Å². The molecule has 17 heavy (non-hydrogen) atoms. The zero-order valence-corrected chi connectivity index (χ0v) is 9.48. The fourth-order valence-electron chi connectivity index (χ4n) is 1.99. The molecule has 1 amide bonds. The minimum Gasteiger partial charge on any atom is -0.350 e. The Labute approximate surface area is 100 Å². The van der Waals surface area contributed by atoms with Crippen molar-refractivity contribution in [3.05, 3.63) is 22.2 Å². The van der Waals surface area contributed by atoms with Gasteiger partial charge in [-0.1, -0.05) is 0 Å². The summed E-state index contributed by atoms with van der Waals surface area (Å²) >= 11 is 1.32.